The van der Waals surface area contributed by atoms with Crippen molar-refractivity contribution in [1.82, 2.24) is 0 Å². The van der Waals surface area contributed by atoms with Gasteiger partial charge >= 0.3 is 0 Å². The summed E-state index contributed by atoms with van der Waals surface area (Å²) < 4.78 is 0. The van der Waals surface area contributed by atoms with Crippen LogP contribution in [-0.2, 0) is 17.1 Å². The maximum absolute atomic E-state index is 8.30. The Bertz CT molecular complexity index is 141. The molecule has 0 bridgehead atoms. The van der Waals surface area contributed by atoms with Gasteiger partial charge in [-0.05, 0) is 18.3 Å². The third-order valence-electron chi connectivity index (χ3n) is 1.97. The third-order valence-corrected chi connectivity index (χ3v) is 1.97. The van der Waals surface area contributed by atoms with Crippen molar-refractivity contribution >= 4 is 0 Å². The summed E-state index contributed by atoms with van der Waals surface area (Å²) in [6, 6.07) is 2.17. The van der Waals surface area contributed by atoms with Crippen LogP contribution in [0.4, 0.5) is 0 Å². The van der Waals surface area contributed by atoms with Crippen molar-refractivity contribution in [2.45, 2.75) is 59.3 Å². The van der Waals surface area contributed by atoms with Gasteiger partial charge in [0.05, 0.1) is 6.07 Å². The molecule has 0 heterocycles. The Labute approximate surface area is 93.4 Å². The average molecular weight is 223 g/mol. The van der Waals surface area contributed by atoms with Crippen LogP contribution in [0.2, 0.25) is 0 Å². The Morgan fingerprint density at radius 2 is 1.54 bits per heavy atom. The molecule has 0 aliphatic rings. The molecule has 1 nitrogen and oxygen atoms in total. The van der Waals surface area contributed by atoms with Crippen molar-refractivity contribution in [2.75, 3.05) is 0 Å². The van der Waals surface area contributed by atoms with Crippen molar-refractivity contribution in [3.05, 3.63) is 0 Å². The summed E-state index contributed by atoms with van der Waals surface area (Å²) in [6.45, 7) is 6.84. The second-order valence-corrected chi connectivity index (χ2v) is 4.63. The van der Waals surface area contributed by atoms with Crippen LogP contribution in [-0.4, -0.2) is 0 Å². The molecule has 0 amide bonds. The van der Waals surface area contributed by atoms with Gasteiger partial charge in [-0.2, -0.15) is 5.26 Å². The summed E-state index contributed by atoms with van der Waals surface area (Å²) in [6.07, 6.45) is 6.95. The van der Waals surface area contributed by atoms with Crippen molar-refractivity contribution in [2.24, 2.45) is 5.41 Å². The van der Waals surface area contributed by atoms with Crippen LogP contribution >= 0.6 is 0 Å². The van der Waals surface area contributed by atoms with E-state index in [2.05, 4.69) is 26.8 Å². The predicted molar refractivity (Wildman–Crippen MR) is 52.8 cm³/mol. The maximum atomic E-state index is 8.30. The molecule has 0 aromatic rings. The van der Waals surface area contributed by atoms with Gasteiger partial charge in [0, 0.05) is 23.5 Å². The molecule has 0 unspecified atom stereocenters. The first kappa shape index (κ1) is 15.5. The van der Waals surface area contributed by atoms with Gasteiger partial charge in [0.15, 0.2) is 0 Å². The normalized spacial score (nSPS) is 10.3. The third kappa shape index (κ3) is 14.8. The van der Waals surface area contributed by atoms with E-state index < -0.39 is 0 Å². The van der Waals surface area contributed by atoms with E-state index in [1.54, 1.807) is 0 Å². The molecule has 0 rings (SSSR count). The van der Waals surface area contributed by atoms with E-state index in [1.807, 2.05) is 0 Å². The molecule has 0 aliphatic carbocycles. The van der Waals surface area contributed by atoms with E-state index in [9.17, 15) is 0 Å². The average Bonchev–Trinajstić information content (AvgIpc) is 1.94. The van der Waals surface area contributed by atoms with Crippen molar-refractivity contribution < 1.29 is 17.1 Å². The van der Waals surface area contributed by atoms with E-state index in [0.717, 1.165) is 12.8 Å². The van der Waals surface area contributed by atoms with Gasteiger partial charge in [0.1, 0.15) is 0 Å². The summed E-state index contributed by atoms with van der Waals surface area (Å²) in [5, 5.41) is 8.30. The van der Waals surface area contributed by atoms with Crippen LogP contribution in [0.15, 0.2) is 0 Å². The molecule has 0 fully saturated rings. The molecule has 0 aliphatic heterocycles. The molecular formula is C11H21FeN. The Balaban J connectivity index is 0. The Hall–Kier alpha value is 0.00948. The van der Waals surface area contributed by atoms with Gasteiger partial charge in [-0.15, -0.1) is 0 Å². The number of hydrogen-bond acceptors (Lipinski definition) is 1. The molecular weight excluding hydrogens is 202 g/mol. The predicted octanol–water partition coefficient (Wildman–Crippen LogP) is 3.89. The Kier molecular flexibility index (Phi) is 10.2. The Morgan fingerprint density at radius 3 is 2.00 bits per heavy atom. The smallest absolute Gasteiger partial charge is 0.0621 e. The summed E-state index contributed by atoms with van der Waals surface area (Å²) in [5.41, 5.74) is 0.481. The zero-order valence-corrected chi connectivity index (χ0v) is 10.1. The van der Waals surface area contributed by atoms with E-state index >= 15 is 0 Å². The quantitative estimate of drug-likeness (QED) is 0.512. The van der Waals surface area contributed by atoms with Gasteiger partial charge in [-0.3, -0.25) is 0 Å². The largest absolute Gasteiger partial charge is 0.198 e. The zero-order chi connectivity index (χ0) is 9.45. The number of nitriles is 1. The van der Waals surface area contributed by atoms with Gasteiger partial charge in [-0.25, -0.2) is 0 Å². The molecule has 0 aromatic carbocycles. The summed E-state index contributed by atoms with van der Waals surface area (Å²) >= 11 is 0. The molecule has 0 N–H and O–H groups in total. The van der Waals surface area contributed by atoms with Crippen LogP contribution in [0.25, 0.3) is 0 Å². The van der Waals surface area contributed by atoms with Crippen molar-refractivity contribution in [3.8, 4) is 6.07 Å². The molecule has 0 radical (unpaired) electrons. The van der Waals surface area contributed by atoms with Crippen LogP contribution < -0.4 is 0 Å². The van der Waals surface area contributed by atoms with E-state index in [0.29, 0.717) is 5.41 Å². The van der Waals surface area contributed by atoms with Crippen molar-refractivity contribution in [1.29, 1.82) is 5.26 Å². The van der Waals surface area contributed by atoms with Crippen LogP contribution in [0.1, 0.15) is 59.3 Å². The molecule has 78 valence electrons. The molecule has 0 atom stereocenters. The second kappa shape index (κ2) is 8.60. The number of rotatable bonds is 5. The van der Waals surface area contributed by atoms with E-state index in [4.69, 9.17) is 5.26 Å². The molecule has 13 heavy (non-hydrogen) atoms. The van der Waals surface area contributed by atoms with Crippen LogP contribution in [0.3, 0.4) is 0 Å². The standard InChI is InChI=1S/C11H21N.Fe/c1-11(2,3)9-7-5-4-6-8-10-12;/h4-9H2,1-3H3;. The summed E-state index contributed by atoms with van der Waals surface area (Å²) in [7, 11) is 0. The number of unbranched alkanes of at least 4 members (excludes halogenated alkanes) is 4. The topological polar surface area (TPSA) is 23.8 Å². The van der Waals surface area contributed by atoms with E-state index in [1.165, 1.54) is 25.7 Å². The maximum Gasteiger partial charge on any atom is 0.0621 e. The first-order valence-corrected chi connectivity index (χ1v) is 4.93. The van der Waals surface area contributed by atoms with Gasteiger partial charge in [-0.1, -0.05) is 40.0 Å². The SMILES string of the molecule is CC(C)(C)CCCCCCC#N.[Fe]. The first-order chi connectivity index (χ1) is 5.56. The number of hydrogen-bond donors (Lipinski definition) is 0. The minimum Gasteiger partial charge on any atom is -0.198 e. The molecule has 0 saturated heterocycles. The van der Waals surface area contributed by atoms with Gasteiger partial charge in [0.2, 0.25) is 0 Å². The molecule has 0 saturated carbocycles. The minimum absolute atomic E-state index is 0. The molecule has 0 spiro atoms. The monoisotopic (exact) mass is 223 g/mol. The van der Waals surface area contributed by atoms with Gasteiger partial charge in [0.25, 0.3) is 0 Å². The summed E-state index contributed by atoms with van der Waals surface area (Å²) in [5.74, 6) is 0. The van der Waals surface area contributed by atoms with Crippen LogP contribution in [0.5, 0.6) is 0 Å². The van der Waals surface area contributed by atoms with Gasteiger partial charge < -0.3 is 0 Å². The fourth-order valence-electron chi connectivity index (χ4n) is 1.21. The first-order valence-electron chi connectivity index (χ1n) is 4.93. The zero-order valence-electron chi connectivity index (χ0n) is 9.04. The fraction of sp³-hybridized carbons (Fsp3) is 0.909. The van der Waals surface area contributed by atoms with Crippen molar-refractivity contribution in [3.63, 3.8) is 0 Å². The minimum atomic E-state index is 0. The van der Waals surface area contributed by atoms with Crippen LogP contribution in [0, 0.1) is 16.7 Å². The summed E-state index contributed by atoms with van der Waals surface area (Å²) in [4.78, 5) is 0. The second-order valence-electron chi connectivity index (χ2n) is 4.63. The number of nitrogens with zero attached hydrogens (tertiary/aromatic N) is 1. The Morgan fingerprint density at radius 1 is 1.00 bits per heavy atom. The molecule has 2 heteroatoms. The van der Waals surface area contributed by atoms with E-state index in [-0.39, 0.29) is 17.1 Å². The molecule has 0 aromatic heterocycles. The fourth-order valence-corrected chi connectivity index (χ4v) is 1.21.